The Morgan fingerprint density at radius 2 is 2.11 bits per heavy atom. The van der Waals surface area contributed by atoms with E-state index in [1.807, 2.05) is 6.92 Å². The van der Waals surface area contributed by atoms with Crippen LogP contribution in [0.2, 0.25) is 0 Å². The zero-order valence-corrected chi connectivity index (χ0v) is 10.5. The minimum atomic E-state index is -0.467. The lowest BCUT2D eigenvalue weighted by Gasteiger charge is -1.99. The number of aromatic nitrogens is 6. The Morgan fingerprint density at radius 1 is 1.32 bits per heavy atom. The van der Waals surface area contributed by atoms with Crippen molar-refractivity contribution in [2.24, 2.45) is 7.05 Å². The van der Waals surface area contributed by atoms with Crippen LogP contribution in [0.25, 0.3) is 22.7 Å². The van der Waals surface area contributed by atoms with Gasteiger partial charge in [-0.25, -0.2) is 9.78 Å². The summed E-state index contributed by atoms with van der Waals surface area (Å²) in [5, 5.41) is 4.05. The summed E-state index contributed by atoms with van der Waals surface area (Å²) in [6.07, 6.45) is 1.64. The van der Waals surface area contributed by atoms with E-state index in [9.17, 15) is 9.59 Å². The van der Waals surface area contributed by atoms with Gasteiger partial charge in [0.05, 0.1) is 0 Å². The van der Waals surface area contributed by atoms with E-state index >= 15 is 0 Å². The molecule has 0 saturated heterocycles. The van der Waals surface area contributed by atoms with Crippen molar-refractivity contribution in [1.82, 2.24) is 29.3 Å². The molecule has 3 aromatic rings. The molecule has 0 aliphatic heterocycles. The first kappa shape index (κ1) is 11.5. The highest BCUT2D eigenvalue weighted by Gasteiger charge is 2.14. The summed E-state index contributed by atoms with van der Waals surface area (Å²) in [7, 11) is 1.78. The van der Waals surface area contributed by atoms with Crippen LogP contribution in [0.1, 0.15) is 6.92 Å². The van der Waals surface area contributed by atoms with Gasteiger partial charge >= 0.3 is 5.69 Å². The van der Waals surface area contributed by atoms with Crippen molar-refractivity contribution in [1.29, 1.82) is 0 Å². The van der Waals surface area contributed by atoms with Gasteiger partial charge < -0.3 is 4.98 Å². The van der Waals surface area contributed by atoms with Gasteiger partial charge in [-0.1, -0.05) is 0 Å². The number of hydrogen-bond acceptors (Lipinski definition) is 4. The number of aryl methyl sites for hydroxylation is 2. The van der Waals surface area contributed by atoms with Gasteiger partial charge in [0.15, 0.2) is 11.5 Å². The third-order valence-electron chi connectivity index (χ3n) is 3.01. The molecular weight excluding hydrogens is 248 g/mol. The van der Waals surface area contributed by atoms with Crippen LogP contribution >= 0.6 is 0 Å². The van der Waals surface area contributed by atoms with Gasteiger partial charge in [0.25, 0.3) is 5.56 Å². The SMILES string of the molecule is CCn1c(=O)[nH]c(=O)c2[nH]c(-c3ccnn3C)nc21. The molecule has 0 spiro atoms. The van der Waals surface area contributed by atoms with Crippen LogP contribution in [0.15, 0.2) is 21.9 Å². The van der Waals surface area contributed by atoms with E-state index in [1.165, 1.54) is 4.57 Å². The van der Waals surface area contributed by atoms with E-state index in [2.05, 4.69) is 20.1 Å². The van der Waals surface area contributed by atoms with Gasteiger partial charge in [0.1, 0.15) is 11.2 Å². The fourth-order valence-corrected chi connectivity index (χ4v) is 2.06. The van der Waals surface area contributed by atoms with E-state index in [1.54, 1.807) is 24.0 Å². The fraction of sp³-hybridized carbons (Fsp3) is 0.273. The highest BCUT2D eigenvalue weighted by atomic mass is 16.2. The fourth-order valence-electron chi connectivity index (χ4n) is 2.06. The van der Waals surface area contributed by atoms with Gasteiger partial charge in [-0.15, -0.1) is 0 Å². The number of imidazole rings is 1. The minimum Gasteiger partial charge on any atom is -0.331 e. The summed E-state index contributed by atoms with van der Waals surface area (Å²) >= 11 is 0. The minimum absolute atomic E-state index is 0.289. The third-order valence-corrected chi connectivity index (χ3v) is 3.01. The van der Waals surface area contributed by atoms with Crippen molar-refractivity contribution < 1.29 is 0 Å². The molecule has 0 aromatic carbocycles. The lowest BCUT2D eigenvalue weighted by atomic mass is 10.4. The maximum Gasteiger partial charge on any atom is 0.330 e. The van der Waals surface area contributed by atoms with Gasteiger partial charge in [-0.3, -0.25) is 19.0 Å². The number of aromatic amines is 2. The van der Waals surface area contributed by atoms with Crippen molar-refractivity contribution in [2.75, 3.05) is 0 Å². The largest absolute Gasteiger partial charge is 0.331 e. The highest BCUT2D eigenvalue weighted by molar-refractivity contribution is 5.74. The average molecular weight is 260 g/mol. The first-order valence-electron chi connectivity index (χ1n) is 5.83. The van der Waals surface area contributed by atoms with Crippen LogP contribution in [0.3, 0.4) is 0 Å². The quantitative estimate of drug-likeness (QED) is 0.668. The normalized spacial score (nSPS) is 11.3. The van der Waals surface area contributed by atoms with Crippen molar-refractivity contribution in [2.45, 2.75) is 13.5 Å². The second-order valence-corrected chi connectivity index (χ2v) is 4.13. The number of H-pyrrole nitrogens is 2. The predicted octanol–water partition coefficient (Wildman–Crippen LogP) is -0.167. The van der Waals surface area contributed by atoms with E-state index in [4.69, 9.17) is 0 Å². The van der Waals surface area contributed by atoms with E-state index in [-0.39, 0.29) is 5.52 Å². The molecule has 3 heterocycles. The molecule has 8 heteroatoms. The Morgan fingerprint density at radius 3 is 2.74 bits per heavy atom. The van der Waals surface area contributed by atoms with Crippen LogP contribution in [-0.4, -0.2) is 29.3 Å². The van der Waals surface area contributed by atoms with Crippen molar-refractivity contribution in [3.63, 3.8) is 0 Å². The number of nitrogens with one attached hydrogen (secondary N) is 2. The molecule has 3 rings (SSSR count). The van der Waals surface area contributed by atoms with Crippen LogP contribution < -0.4 is 11.2 Å². The standard InChI is InChI=1S/C11H12N6O2/c1-3-17-9-7(10(18)15-11(17)19)13-8(14-9)6-4-5-12-16(6)2/h4-5H,3H2,1-2H3,(H,13,14)(H,15,18,19). The second kappa shape index (κ2) is 3.94. The molecule has 0 saturated carbocycles. The van der Waals surface area contributed by atoms with Crippen LogP contribution in [0, 0.1) is 0 Å². The molecule has 0 unspecified atom stereocenters. The summed E-state index contributed by atoms with van der Waals surface area (Å²) in [5.41, 5.74) is 0.462. The van der Waals surface area contributed by atoms with E-state index in [0.29, 0.717) is 18.0 Å². The van der Waals surface area contributed by atoms with Gasteiger partial charge in [-0.05, 0) is 13.0 Å². The molecule has 0 atom stereocenters. The summed E-state index contributed by atoms with van der Waals surface area (Å²) in [4.78, 5) is 33.0. The third kappa shape index (κ3) is 1.60. The van der Waals surface area contributed by atoms with Crippen molar-refractivity contribution >= 4 is 11.2 Å². The molecule has 3 aromatic heterocycles. The monoisotopic (exact) mass is 260 g/mol. The van der Waals surface area contributed by atoms with Crippen LogP contribution in [0.4, 0.5) is 0 Å². The lowest BCUT2D eigenvalue weighted by Crippen LogP contribution is -2.29. The zero-order chi connectivity index (χ0) is 13.6. The topological polar surface area (TPSA) is 101 Å². The molecule has 2 N–H and O–H groups in total. The summed E-state index contributed by atoms with van der Waals surface area (Å²) in [6, 6.07) is 1.78. The zero-order valence-electron chi connectivity index (χ0n) is 10.5. The molecule has 0 bridgehead atoms. The van der Waals surface area contributed by atoms with Gasteiger partial charge in [0, 0.05) is 19.8 Å². The number of rotatable bonds is 2. The van der Waals surface area contributed by atoms with Crippen LogP contribution in [0.5, 0.6) is 0 Å². The summed E-state index contributed by atoms with van der Waals surface area (Å²) in [6.45, 7) is 2.25. The predicted molar refractivity (Wildman–Crippen MR) is 68.9 cm³/mol. The first-order chi connectivity index (χ1) is 9.11. The molecule has 0 aliphatic carbocycles. The van der Waals surface area contributed by atoms with Gasteiger partial charge in [0.2, 0.25) is 0 Å². The molecule has 0 radical (unpaired) electrons. The first-order valence-corrected chi connectivity index (χ1v) is 5.83. The molecule has 19 heavy (non-hydrogen) atoms. The Kier molecular flexibility index (Phi) is 2.37. The van der Waals surface area contributed by atoms with Crippen LogP contribution in [-0.2, 0) is 13.6 Å². The smallest absolute Gasteiger partial charge is 0.330 e. The van der Waals surface area contributed by atoms with Gasteiger partial charge in [-0.2, -0.15) is 5.10 Å². The Balaban J connectivity index is 2.38. The molecule has 0 fully saturated rings. The molecule has 0 aliphatic rings. The highest BCUT2D eigenvalue weighted by Crippen LogP contribution is 2.16. The Bertz CT molecular complexity index is 865. The maximum atomic E-state index is 11.8. The number of fused-ring (bicyclic) bond motifs is 1. The molecule has 0 amide bonds. The molecular formula is C11H12N6O2. The second-order valence-electron chi connectivity index (χ2n) is 4.13. The summed E-state index contributed by atoms with van der Waals surface area (Å²) in [5.74, 6) is 0.508. The average Bonchev–Trinajstić information content (AvgIpc) is 2.95. The number of hydrogen-bond donors (Lipinski definition) is 2. The Labute approximate surface area is 106 Å². The lowest BCUT2D eigenvalue weighted by molar-refractivity contribution is 0.719. The molecule has 8 nitrogen and oxygen atoms in total. The van der Waals surface area contributed by atoms with Crippen molar-refractivity contribution in [3.8, 4) is 11.5 Å². The maximum absolute atomic E-state index is 11.8. The number of nitrogens with zero attached hydrogens (tertiary/aromatic N) is 4. The van der Waals surface area contributed by atoms with E-state index in [0.717, 1.165) is 5.69 Å². The Hall–Kier alpha value is -2.64. The van der Waals surface area contributed by atoms with Crippen molar-refractivity contribution in [3.05, 3.63) is 33.1 Å². The van der Waals surface area contributed by atoms with E-state index < -0.39 is 11.2 Å². The summed E-state index contributed by atoms with van der Waals surface area (Å²) < 4.78 is 3.05. The molecule has 98 valence electrons.